The van der Waals surface area contributed by atoms with Crippen LogP contribution in [-0.2, 0) is 4.79 Å². The molecule has 3 aromatic heterocycles. The SMILES string of the molecule is CC(C)(O)COc1cc(-c2ccc(N3CC4CC(C3)N4C(=O)[C@H]3CC[C@H](C)CC3)nc2)c2c(C#N)cnn2c1. The Balaban J connectivity index is 1.19. The van der Waals surface area contributed by atoms with E-state index in [2.05, 4.69) is 27.9 Å². The van der Waals surface area contributed by atoms with Gasteiger partial charge in [0.1, 0.15) is 24.2 Å². The minimum absolute atomic E-state index is 0.123. The van der Waals surface area contributed by atoms with Crippen molar-refractivity contribution < 1.29 is 14.6 Å². The van der Waals surface area contributed by atoms with Gasteiger partial charge in [0.25, 0.3) is 0 Å². The molecule has 0 spiro atoms. The van der Waals surface area contributed by atoms with Crippen LogP contribution in [0.3, 0.4) is 0 Å². The highest BCUT2D eigenvalue weighted by Gasteiger charge is 2.49. The van der Waals surface area contributed by atoms with E-state index in [1.54, 1.807) is 30.8 Å². The Kier molecular flexibility index (Phi) is 6.46. The van der Waals surface area contributed by atoms with Crippen molar-refractivity contribution in [1.82, 2.24) is 19.5 Å². The number of nitriles is 1. The number of ether oxygens (including phenoxy) is 1. The number of aliphatic hydroxyl groups is 1. The van der Waals surface area contributed by atoms with Gasteiger partial charge in [-0.1, -0.05) is 6.92 Å². The van der Waals surface area contributed by atoms with Gasteiger partial charge in [0.05, 0.1) is 41.2 Å². The molecule has 4 aliphatic rings. The average Bonchev–Trinajstić information content (AvgIpc) is 3.35. The zero-order valence-corrected chi connectivity index (χ0v) is 22.9. The second-order valence-electron chi connectivity index (χ2n) is 12.2. The van der Waals surface area contributed by atoms with Crippen LogP contribution in [0.2, 0.25) is 0 Å². The van der Waals surface area contributed by atoms with Crippen molar-refractivity contribution in [1.29, 1.82) is 5.26 Å². The first kappa shape index (κ1) is 25.6. The predicted molar refractivity (Wildman–Crippen MR) is 147 cm³/mol. The second-order valence-corrected chi connectivity index (χ2v) is 12.2. The van der Waals surface area contributed by atoms with Crippen LogP contribution in [0.5, 0.6) is 5.75 Å². The normalized spacial score (nSPS) is 24.8. The van der Waals surface area contributed by atoms with E-state index in [-0.39, 0.29) is 24.6 Å². The molecule has 39 heavy (non-hydrogen) atoms. The summed E-state index contributed by atoms with van der Waals surface area (Å²) >= 11 is 0. The molecule has 2 bridgehead atoms. The quantitative estimate of drug-likeness (QED) is 0.515. The Bertz CT molecular complexity index is 1400. The molecule has 1 N–H and O–H groups in total. The number of piperidine rings is 1. The Morgan fingerprint density at radius 3 is 2.56 bits per heavy atom. The number of aromatic nitrogens is 3. The van der Waals surface area contributed by atoms with Crippen LogP contribution in [0.1, 0.15) is 58.4 Å². The summed E-state index contributed by atoms with van der Waals surface area (Å²) in [5, 5.41) is 24.1. The standard InChI is InChI=1S/C30H36N6O3/c1-19-4-6-20(7-5-19)29(37)36-23-10-24(36)16-34(15-23)27-9-8-21(13-32-27)26-11-25(39-18-30(2,3)38)17-35-28(26)22(12-31)14-33-35/h8-9,11,13-14,17,19-20,23-24,38H,4-7,10,15-16,18H2,1-3H3/t19-,20-,23?,24?. The maximum absolute atomic E-state index is 13.2. The number of hydrogen-bond donors (Lipinski definition) is 1. The molecule has 7 rings (SSSR count). The van der Waals surface area contributed by atoms with Crippen molar-refractivity contribution in [3.63, 3.8) is 0 Å². The lowest BCUT2D eigenvalue weighted by Crippen LogP contribution is -2.71. The number of anilines is 1. The molecule has 0 radical (unpaired) electrons. The first-order chi connectivity index (χ1) is 18.7. The van der Waals surface area contributed by atoms with E-state index in [0.717, 1.165) is 68.1 Å². The Hall–Kier alpha value is -3.64. The van der Waals surface area contributed by atoms with Gasteiger partial charge < -0.3 is 19.6 Å². The number of amides is 1. The minimum Gasteiger partial charge on any atom is -0.489 e. The third-order valence-corrected chi connectivity index (χ3v) is 8.49. The van der Waals surface area contributed by atoms with Crippen molar-refractivity contribution in [2.24, 2.45) is 11.8 Å². The maximum atomic E-state index is 13.2. The van der Waals surface area contributed by atoms with Crippen LogP contribution in [0, 0.1) is 23.2 Å². The first-order valence-corrected chi connectivity index (χ1v) is 14.0. The minimum atomic E-state index is -0.982. The molecule has 2 atom stereocenters. The van der Waals surface area contributed by atoms with Crippen molar-refractivity contribution in [3.8, 4) is 22.9 Å². The van der Waals surface area contributed by atoms with E-state index in [1.807, 2.05) is 24.4 Å². The smallest absolute Gasteiger partial charge is 0.226 e. The molecule has 3 saturated heterocycles. The molecule has 6 heterocycles. The first-order valence-electron chi connectivity index (χ1n) is 14.0. The number of nitrogens with zero attached hydrogens (tertiary/aromatic N) is 6. The summed E-state index contributed by atoms with van der Waals surface area (Å²) in [5.41, 5.74) is 1.81. The molecular formula is C30H36N6O3. The lowest BCUT2D eigenvalue weighted by molar-refractivity contribution is -0.152. The van der Waals surface area contributed by atoms with Crippen LogP contribution in [-0.4, -0.2) is 67.9 Å². The molecule has 204 valence electrons. The third kappa shape index (κ3) is 4.94. The summed E-state index contributed by atoms with van der Waals surface area (Å²) < 4.78 is 7.48. The molecule has 9 nitrogen and oxygen atoms in total. The van der Waals surface area contributed by atoms with Gasteiger partial charge in [-0.2, -0.15) is 10.4 Å². The predicted octanol–water partition coefficient (Wildman–Crippen LogP) is 4.03. The van der Waals surface area contributed by atoms with Gasteiger partial charge in [0.15, 0.2) is 0 Å². The van der Waals surface area contributed by atoms with E-state index in [4.69, 9.17) is 9.72 Å². The molecule has 2 unspecified atom stereocenters. The monoisotopic (exact) mass is 528 g/mol. The van der Waals surface area contributed by atoms with Crippen LogP contribution in [0.15, 0.2) is 36.8 Å². The zero-order valence-electron chi connectivity index (χ0n) is 22.9. The van der Waals surface area contributed by atoms with Crippen LogP contribution in [0.4, 0.5) is 5.82 Å². The number of carbonyl (C=O) groups excluding carboxylic acids is 1. The molecule has 1 amide bonds. The summed E-state index contributed by atoms with van der Waals surface area (Å²) in [6.45, 7) is 7.41. The van der Waals surface area contributed by atoms with Crippen LogP contribution in [0.25, 0.3) is 16.6 Å². The highest BCUT2D eigenvalue weighted by molar-refractivity contribution is 5.85. The fourth-order valence-electron chi connectivity index (χ4n) is 6.34. The van der Waals surface area contributed by atoms with Crippen LogP contribution < -0.4 is 9.64 Å². The van der Waals surface area contributed by atoms with Gasteiger partial charge in [-0.15, -0.1) is 0 Å². The lowest BCUT2D eigenvalue weighted by atomic mass is 9.79. The molecule has 1 aliphatic carbocycles. The fourth-order valence-corrected chi connectivity index (χ4v) is 6.34. The number of rotatable bonds is 6. The topological polar surface area (TPSA) is 107 Å². The van der Waals surface area contributed by atoms with E-state index in [0.29, 0.717) is 22.7 Å². The van der Waals surface area contributed by atoms with Crippen molar-refractivity contribution in [2.75, 3.05) is 24.6 Å². The van der Waals surface area contributed by atoms with Crippen LogP contribution >= 0.6 is 0 Å². The van der Waals surface area contributed by atoms with Gasteiger partial charge in [0.2, 0.25) is 5.91 Å². The lowest BCUT2D eigenvalue weighted by Gasteiger charge is -2.57. The molecule has 0 aromatic carbocycles. The van der Waals surface area contributed by atoms with E-state index in [1.165, 1.54) is 0 Å². The Labute approximate surface area is 229 Å². The van der Waals surface area contributed by atoms with Gasteiger partial charge in [0, 0.05) is 36.3 Å². The van der Waals surface area contributed by atoms with Crippen molar-refractivity contribution in [2.45, 2.75) is 70.6 Å². The largest absolute Gasteiger partial charge is 0.489 e. The highest BCUT2D eigenvalue weighted by atomic mass is 16.5. The molecule has 9 heteroatoms. The molecule has 3 aromatic rings. The van der Waals surface area contributed by atoms with E-state index in [9.17, 15) is 15.2 Å². The summed E-state index contributed by atoms with van der Waals surface area (Å²) in [6.07, 6.45) is 10.6. The second kappa shape index (κ2) is 9.83. The van der Waals surface area contributed by atoms with Gasteiger partial charge in [-0.25, -0.2) is 9.50 Å². The summed E-state index contributed by atoms with van der Waals surface area (Å²) in [5.74, 6) is 2.76. The van der Waals surface area contributed by atoms with E-state index >= 15 is 0 Å². The summed E-state index contributed by atoms with van der Waals surface area (Å²) in [6, 6.07) is 8.65. The van der Waals surface area contributed by atoms with Gasteiger partial charge >= 0.3 is 0 Å². The van der Waals surface area contributed by atoms with Gasteiger partial charge in [-0.3, -0.25) is 4.79 Å². The Morgan fingerprint density at radius 1 is 1.18 bits per heavy atom. The summed E-state index contributed by atoms with van der Waals surface area (Å²) in [4.78, 5) is 22.5. The van der Waals surface area contributed by atoms with E-state index < -0.39 is 5.60 Å². The number of pyridine rings is 2. The molecule has 1 saturated carbocycles. The number of hydrogen-bond acceptors (Lipinski definition) is 7. The summed E-state index contributed by atoms with van der Waals surface area (Å²) in [7, 11) is 0. The molecule has 3 aliphatic heterocycles. The number of carbonyl (C=O) groups is 1. The number of fused-ring (bicyclic) bond motifs is 3. The van der Waals surface area contributed by atoms with Gasteiger partial charge in [-0.05, 0) is 70.1 Å². The zero-order chi connectivity index (χ0) is 27.3. The van der Waals surface area contributed by atoms with Crippen molar-refractivity contribution >= 4 is 17.2 Å². The third-order valence-electron chi connectivity index (χ3n) is 8.49. The molecule has 4 fully saturated rings. The fraction of sp³-hybridized carbons (Fsp3) is 0.533. The highest BCUT2D eigenvalue weighted by Crippen LogP contribution is 2.39. The Morgan fingerprint density at radius 2 is 1.92 bits per heavy atom. The molecular weight excluding hydrogens is 492 g/mol. The van der Waals surface area contributed by atoms with Crippen molar-refractivity contribution in [3.05, 3.63) is 42.4 Å². The maximum Gasteiger partial charge on any atom is 0.226 e. The average molecular weight is 529 g/mol. The number of piperazine rings is 1.